The number of ether oxygens (including phenoxy) is 4. The molecule has 0 aromatic carbocycles. The van der Waals surface area contributed by atoms with Gasteiger partial charge < -0.3 is 28.5 Å². The summed E-state index contributed by atoms with van der Waals surface area (Å²) < 4.78 is 23.1. The lowest BCUT2D eigenvalue weighted by Gasteiger charge is -2.25. The highest BCUT2D eigenvalue weighted by Gasteiger charge is 2.25. The van der Waals surface area contributed by atoms with Gasteiger partial charge in [0, 0.05) is 12.8 Å². The molecule has 0 heterocycles. The van der Waals surface area contributed by atoms with E-state index >= 15 is 0 Å². The lowest BCUT2D eigenvalue weighted by atomic mass is 10.0. The number of hydrogen-bond donors (Lipinski definition) is 1. The molecule has 0 aliphatic heterocycles. The third-order valence-corrected chi connectivity index (χ3v) is 20.2. The molecule has 1 N–H and O–H groups in total. The fourth-order valence-electron chi connectivity index (χ4n) is 13.5. The van der Waals surface area contributed by atoms with Crippen LogP contribution in [-0.4, -0.2) is 87.4 Å². The average molecular weight is 1430 g/mol. The summed E-state index contributed by atoms with van der Waals surface area (Å²) in [6, 6.07) is 0. The zero-order valence-electron chi connectivity index (χ0n) is 68.5. The number of aliphatic carboxylic acids is 1. The number of hydrogen-bond acceptors (Lipinski definition) is 7. The average Bonchev–Trinajstić information content (AvgIpc) is 0.999. The van der Waals surface area contributed by atoms with Crippen molar-refractivity contribution in [3.63, 3.8) is 0 Å². The van der Waals surface area contributed by atoms with Gasteiger partial charge in [-0.2, -0.15) is 0 Å². The topological polar surface area (TPSA) is 108 Å². The minimum Gasteiger partial charge on any atom is -0.477 e. The lowest BCUT2D eigenvalue weighted by molar-refractivity contribution is -0.870. The summed E-state index contributed by atoms with van der Waals surface area (Å²) in [7, 11) is 6.00. The van der Waals surface area contributed by atoms with Crippen molar-refractivity contribution < 1.29 is 42.9 Å². The van der Waals surface area contributed by atoms with Gasteiger partial charge in [-0.05, 0) is 64.2 Å². The predicted molar refractivity (Wildman–Crippen MR) is 443 cm³/mol. The van der Waals surface area contributed by atoms with Crippen molar-refractivity contribution in [3.05, 3.63) is 72.9 Å². The molecule has 9 nitrogen and oxygen atoms in total. The van der Waals surface area contributed by atoms with Crippen LogP contribution in [0, 0.1) is 0 Å². The maximum atomic E-state index is 13.0. The van der Waals surface area contributed by atoms with Crippen molar-refractivity contribution in [2.45, 2.75) is 456 Å². The quantitative estimate of drug-likeness (QED) is 0.0211. The first-order valence-corrected chi connectivity index (χ1v) is 44.6. The summed E-state index contributed by atoms with van der Waals surface area (Å²) >= 11 is 0. The van der Waals surface area contributed by atoms with Crippen molar-refractivity contribution >= 4 is 17.9 Å². The van der Waals surface area contributed by atoms with E-state index in [9.17, 15) is 19.5 Å². The molecule has 0 spiro atoms. The van der Waals surface area contributed by atoms with Crippen LogP contribution in [0.25, 0.3) is 0 Å². The van der Waals surface area contributed by atoms with Gasteiger partial charge in [0.15, 0.2) is 6.10 Å². The Bertz CT molecular complexity index is 1910. The third kappa shape index (κ3) is 84.0. The number of likely N-dealkylation sites (N-methyl/N-ethyl adjacent to an activating group) is 1. The zero-order chi connectivity index (χ0) is 73.9. The summed E-state index contributed by atoms with van der Waals surface area (Å²) in [5.74, 6) is -1.97. The summed E-state index contributed by atoms with van der Waals surface area (Å²) in [5.41, 5.74) is 0. The van der Waals surface area contributed by atoms with Crippen molar-refractivity contribution in [2.75, 3.05) is 47.5 Å². The molecule has 2 unspecified atom stereocenters. The molecule has 0 saturated heterocycles. The van der Waals surface area contributed by atoms with Crippen LogP contribution in [0.1, 0.15) is 444 Å². The van der Waals surface area contributed by atoms with E-state index in [-0.39, 0.29) is 38.2 Å². The van der Waals surface area contributed by atoms with Crippen LogP contribution in [0.2, 0.25) is 0 Å². The van der Waals surface area contributed by atoms with E-state index in [1.54, 1.807) is 0 Å². The molecule has 0 amide bonds. The second kappa shape index (κ2) is 83.4. The van der Waals surface area contributed by atoms with Crippen LogP contribution in [-0.2, 0) is 33.3 Å². The summed E-state index contributed by atoms with van der Waals surface area (Å²) in [4.78, 5) is 37.8. The molecule has 0 aromatic heterocycles. The number of unbranched alkanes of at least 4 members (excludes halogenated alkanes) is 57. The molecule has 9 heteroatoms. The first-order valence-electron chi connectivity index (χ1n) is 44.6. The van der Waals surface area contributed by atoms with E-state index in [1.165, 1.54) is 340 Å². The Morgan fingerprint density at radius 2 is 0.559 bits per heavy atom. The lowest BCUT2D eigenvalue weighted by Crippen LogP contribution is -2.40. The monoisotopic (exact) mass is 1430 g/mol. The van der Waals surface area contributed by atoms with E-state index < -0.39 is 18.4 Å². The number of carbonyl (C=O) groups is 3. The molecule has 0 aliphatic rings. The van der Waals surface area contributed by atoms with E-state index in [0.29, 0.717) is 17.4 Å². The van der Waals surface area contributed by atoms with E-state index in [4.69, 9.17) is 18.9 Å². The van der Waals surface area contributed by atoms with Crippen LogP contribution in [0.15, 0.2) is 72.9 Å². The van der Waals surface area contributed by atoms with Gasteiger partial charge in [-0.3, -0.25) is 9.59 Å². The van der Waals surface area contributed by atoms with Gasteiger partial charge in [0.25, 0.3) is 6.29 Å². The maximum Gasteiger partial charge on any atom is 0.361 e. The highest BCUT2D eigenvalue weighted by molar-refractivity contribution is 5.71. The number of carbonyl (C=O) groups excluding carboxylic acids is 2. The molecule has 102 heavy (non-hydrogen) atoms. The first kappa shape index (κ1) is 98.7. The number of quaternary nitrogens is 1. The number of carboxylic acid groups (broad SMARTS) is 1. The van der Waals surface area contributed by atoms with Crippen LogP contribution in [0.4, 0.5) is 0 Å². The van der Waals surface area contributed by atoms with Gasteiger partial charge in [0.1, 0.15) is 13.2 Å². The van der Waals surface area contributed by atoms with Gasteiger partial charge in [0.2, 0.25) is 0 Å². The molecule has 0 aromatic rings. The molecular formula is C93H172NO8+. The van der Waals surface area contributed by atoms with E-state index in [2.05, 4.69) is 86.8 Å². The summed E-state index contributed by atoms with van der Waals surface area (Å²) in [6.07, 6.45) is 111. The van der Waals surface area contributed by atoms with Gasteiger partial charge in [-0.15, -0.1) is 0 Å². The Hall–Kier alpha value is -3.27. The molecule has 0 saturated carbocycles. The largest absolute Gasteiger partial charge is 0.477 e. The minimum absolute atomic E-state index is 0.176. The molecule has 596 valence electrons. The third-order valence-electron chi connectivity index (χ3n) is 20.2. The highest BCUT2D eigenvalue weighted by Crippen LogP contribution is 2.21. The van der Waals surface area contributed by atoms with E-state index in [0.717, 1.165) is 77.0 Å². The SMILES string of the molecule is CC/C=C\C/C=C\C/C=C\C/C=C\C/C=C\C/C=C\CCCCCCCCCCCCCCCCCCCCCCCCC(=O)OC(COC(=O)CCCCCCCCCCCCCCCCCCCCCCCCCCCCCCCCCCCCCC)COC(OCC[N+](C)(C)C)C(=O)O. The summed E-state index contributed by atoms with van der Waals surface area (Å²) in [6.45, 7) is 4.84. The number of rotatable bonds is 84. The van der Waals surface area contributed by atoms with Crippen LogP contribution in [0.3, 0.4) is 0 Å². The second-order valence-electron chi connectivity index (χ2n) is 31.5. The van der Waals surface area contributed by atoms with Crippen molar-refractivity contribution in [2.24, 2.45) is 0 Å². The first-order chi connectivity index (χ1) is 50.1. The Morgan fingerprint density at radius 1 is 0.304 bits per heavy atom. The molecule has 0 fully saturated rings. The smallest absolute Gasteiger partial charge is 0.361 e. The molecular weight excluding hydrogens is 1260 g/mol. The van der Waals surface area contributed by atoms with Gasteiger partial charge >= 0.3 is 17.9 Å². The van der Waals surface area contributed by atoms with E-state index in [1.807, 2.05) is 21.1 Å². The van der Waals surface area contributed by atoms with Crippen LogP contribution < -0.4 is 0 Å². The minimum atomic E-state index is -1.51. The number of nitrogens with zero attached hydrogens (tertiary/aromatic N) is 1. The normalized spacial score (nSPS) is 12.9. The van der Waals surface area contributed by atoms with Crippen molar-refractivity contribution in [1.29, 1.82) is 0 Å². The highest BCUT2D eigenvalue weighted by atomic mass is 16.7. The molecule has 2 atom stereocenters. The van der Waals surface area contributed by atoms with Crippen LogP contribution >= 0.6 is 0 Å². The zero-order valence-corrected chi connectivity index (χ0v) is 68.5. The Labute approximate surface area is 634 Å². The standard InChI is InChI=1S/C93H171NO8/c1-6-8-10-12-14-16-18-20-22-24-26-28-30-32-34-36-38-40-42-44-45-46-47-48-50-52-54-56-58-60-62-64-66-68-70-72-74-76-78-80-82-84-91(96)102-89(88-101-93(92(97)98)99-86-85-94(3,4)5)87-100-90(95)83-81-79-77-75-73-71-69-67-65-63-61-59-57-55-53-51-49-43-41-39-37-35-33-31-29-27-25-23-21-19-17-15-13-11-9-7-2/h8,10,14,16,20,22,26,28,32,34,38,40,89,93H,6-7,9,11-13,15,17-19,21,23-25,27,29-31,33,35-37,39,41-88H2,1-5H3/p+1/b10-8-,16-14-,22-20-,28-26-,34-32-,40-38-. The molecule has 0 aliphatic carbocycles. The Kier molecular flexibility index (Phi) is 80.7. The van der Waals surface area contributed by atoms with Crippen molar-refractivity contribution in [1.82, 2.24) is 0 Å². The fourth-order valence-corrected chi connectivity index (χ4v) is 13.5. The number of allylic oxidation sites excluding steroid dienone is 12. The Balaban J connectivity index is 3.91. The number of carboxylic acids is 1. The fraction of sp³-hybridized carbons (Fsp3) is 0.839. The van der Waals surface area contributed by atoms with Crippen molar-refractivity contribution in [3.8, 4) is 0 Å². The molecule has 0 rings (SSSR count). The number of esters is 2. The van der Waals surface area contributed by atoms with Crippen LogP contribution in [0.5, 0.6) is 0 Å². The van der Waals surface area contributed by atoms with Gasteiger partial charge in [-0.25, -0.2) is 4.79 Å². The van der Waals surface area contributed by atoms with Gasteiger partial charge in [-0.1, -0.05) is 440 Å². The van der Waals surface area contributed by atoms with Gasteiger partial charge in [0.05, 0.1) is 34.4 Å². The molecule has 0 radical (unpaired) electrons. The predicted octanol–water partition coefficient (Wildman–Crippen LogP) is 29.1. The molecule has 0 bridgehead atoms. The summed E-state index contributed by atoms with van der Waals surface area (Å²) in [5, 5.41) is 9.79. The maximum absolute atomic E-state index is 13.0. The second-order valence-corrected chi connectivity index (χ2v) is 31.5. The Morgan fingerprint density at radius 3 is 0.833 bits per heavy atom.